The number of benzene rings is 1. The number of rotatable bonds is 1. The third-order valence-electron chi connectivity index (χ3n) is 6.53. The molecule has 0 radical (unpaired) electrons. The highest BCUT2D eigenvalue weighted by molar-refractivity contribution is 5.66. The van der Waals surface area contributed by atoms with E-state index in [1.807, 2.05) is 0 Å². The number of carbonyl (C=O) groups is 1. The maximum Gasteiger partial charge on any atom is 0.302 e. The second-order valence-corrected chi connectivity index (χ2v) is 7.71. The Hall–Kier alpha value is -1.31. The summed E-state index contributed by atoms with van der Waals surface area (Å²) in [7, 11) is 0. The first-order valence-corrected chi connectivity index (χ1v) is 8.90. The van der Waals surface area contributed by atoms with Gasteiger partial charge in [0.15, 0.2) is 0 Å². The lowest BCUT2D eigenvalue weighted by atomic mass is 9.64. The molecule has 3 aliphatic carbocycles. The largest absolute Gasteiger partial charge is 0.462 e. The van der Waals surface area contributed by atoms with Crippen LogP contribution in [-0.2, 0) is 28.8 Å². The van der Waals surface area contributed by atoms with Gasteiger partial charge in [-0.3, -0.25) is 4.79 Å². The molecule has 1 aromatic rings. The van der Waals surface area contributed by atoms with Gasteiger partial charge in [-0.2, -0.15) is 0 Å². The minimum absolute atomic E-state index is 0.110. The van der Waals surface area contributed by atoms with Crippen LogP contribution in [0.25, 0.3) is 0 Å². The Morgan fingerprint density at radius 1 is 1.14 bits per heavy atom. The van der Waals surface area contributed by atoms with Crippen molar-refractivity contribution in [3.63, 3.8) is 0 Å². The van der Waals surface area contributed by atoms with Crippen LogP contribution in [-0.4, -0.2) is 12.1 Å². The first-order valence-electron chi connectivity index (χ1n) is 8.90. The predicted molar refractivity (Wildman–Crippen MR) is 87.0 cm³/mol. The molecule has 118 valence electrons. The molecule has 1 fully saturated rings. The third kappa shape index (κ3) is 2.03. The van der Waals surface area contributed by atoms with Crippen LogP contribution in [0.1, 0.15) is 74.1 Å². The zero-order chi connectivity index (χ0) is 15.3. The summed E-state index contributed by atoms with van der Waals surface area (Å²) in [6, 6.07) is 4.79. The standard InChI is InChI=1S/C20H26O2/c1-13(21)22-19-10-9-18-17-8-7-14-5-3-4-6-15(14)16(17)11-12-20(18,19)2/h7-8,18-19H,3-6,9-12H2,1-2H3/t18?,19-,20?/m1/s1. The zero-order valence-corrected chi connectivity index (χ0v) is 13.8. The van der Waals surface area contributed by atoms with E-state index in [9.17, 15) is 4.79 Å². The molecule has 22 heavy (non-hydrogen) atoms. The average molecular weight is 298 g/mol. The van der Waals surface area contributed by atoms with Crippen LogP contribution < -0.4 is 0 Å². The van der Waals surface area contributed by atoms with Gasteiger partial charge in [0, 0.05) is 12.3 Å². The number of carbonyl (C=O) groups excluding carboxylic acids is 1. The first-order chi connectivity index (χ1) is 10.6. The van der Waals surface area contributed by atoms with E-state index in [2.05, 4.69) is 19.1 Å². The van der Waals surface area contributed by atoms with Crippen LogP contribution in [0.15, 0.2) is 12.1 Å². The minimum atomic E-state index is -0.122. The second-order valence-electron chi connectivity index (χ2n) is 7.71. The van der Waals surface area contributed by atoms with Crippen molar-refractivity contribution in [1.29, 1.82) is 0 Å². The number of ether oxygens (including phenoxy) is 1. The second kappa shape index (κ2) is 5.11. The molecule has 0 spiro atoms. The molecule has 0 saturated heterocycles. The van der Waals surface area contributed by atoms with Crippen molar-refractivity contribution < 1.29 is 9.53 Å². The lowest BCUT2D eigenvalue weighted by molar-refractivity contribution is -0.152. The van der Waals surface area contributed by atoms with Gasteiger partial charge >= 0.3 is 5.97 Å². The van der Waals surface area contributed by atoms with Gasteiger partial charge in [0.2, 0.25) is 0 Å². The molecule has 0 N–H and O–H groups in total. The van der Waals surface area contributed by atoms with E-state index in [4.69, 9.17) is 4.74 Å². The van der Waals surface area contributed by atoms with Crippen LogP contribution in [0.4, 0.5) is 0 Å². The smallest absolute Gasteiger partial charge is 0.302 e. The first kappa shape index (κ1) is 14.3. The number of hydrogen-bond acceptors (Lipinski definition) is 2. The highest BCUT2D eigenvalue weighted by Crippen LogP contribution is 2.57. The van der Waals surface area contributed by atoms with Crippen molar-refractivity contribution in [1.82, 2.24) is 0 Å². The highest BCUT2D eigenvalue weighted by atomic mass is 16.5. The molecule has 2 nitrogen and oxygen atoms in total. The topological polar surface area (TPSA) is 26.3 Å². The number of aryl methyl sites for hydroxylation is 1. The summed E-state index contributed by atoms with van der Waals surface area (Å²) < 4.78 is 5.67. The van der Waals surface area contributed by atoms with Crippen molar-refractivity contribution in [2.75, 3.05) is 0 Å². The molecule has 3 atom stereocenters. The molecule has 0 aliphatic heterocycles. The van der Waals surface area contributed by atoms with Gasteiger partial charge in [0.1, 0.15) is 6.10 Å². The summed E-state index contributed by atoms with van der Waals surface area (Å²) in [5.41, 5.74) is 6.64. The molecular formula is C20H26O2. The molecule has 1 aromatic carbocycles. The monoisotopic (exact) mass is 298 g/mol. The molecule has 4 rings (SSSR count). The molecule has 0 bridgehead atoms. The summed E-state index contributed by atoms with van der Waals surface area (Å²) in [4.78, 5) is 11.4. The SMILES string of the molecule is CC(=O)O[C@@H]1CCC2c3ccc4c(c3CCC21C)CCCC4. The van der Waals surface area contributed by atoms with Gasteiger partial charge in [-0.15, -0.1) is 0 Å². The fourth-order valence-electron chi connectivity index (χ4n) is 5.38. The van der Waals surface area contributed by atoms with Crippen LogP contribution >= 0.6 is 0 Å². The summed E-state index contributed by atoms with van der Waals surface area (Å²) in [6.45, 7) is 3.89. The van der Waals surface area contributed by atoms with Gasteiger partial charge in [-0.1, -0.05) is 19.1 Å². The van der Waals surface area contributed by atoms with E-state index in [0.29, 0.717) is 5.92 Å². The van der Waals surface area contributed by atoms with Gasteiger partial charge in [0.05, 0.1) is 0 Å². The molecule has 2 heteroatoms. The summed E-state index contributed by atoms with van der Waals surface area (Å²) >= 11 is 0. The lowest BCUT2D eigenvalue weighted by Gasteiger charge is -2.42. The lowest BCUT2D eigenvalue weighted by Crippen LogP contribution is -2.38. The molecule has 2 unspecified atom stereocenters. The molecule has 0 aromatic heterocycles. The number of esters is 1. The number of hydrogen-bond donors (Lipinski definition) is 0. The van der Waals surface area contributed by atoms with Crippen molar-refractivity contribution in [3.05, 3.63) is 34.4 Å². The van der Waals surface area contributed by atoms with Crippen molar-refractivity contribution >= 4 is 5.97 Å². The Morgan fingerprint density at radius 3 is 2.77 bits per heavy atom. The van der Waals surface area contributed by atoms with Crippen LogP contribution in [0.2, 0.25) is 0 Å². The van der Waals surface area contributed by atoms with Crippen LogP contribution in [0, 0.1) is 5.41 Å². The van der Waals surface area contributed by atoms with E-state index < -0.39 is 0 Å². The minimum Gasteiger partial charge on any atom is -0.462 e. The van der Waals surface area contributed by atoms with Crippen molar-refractivity contribution in [2.45, 2.75) is 77.2 Å². The van der Waals surface area contributed by atoms with E-state index in [-0.39, 0.29) is 17.5 Å². The molecular weight excluding hydrogens is 272 g/mol. The van der Waals surface area contributed by atoms with E-state index >= 15 is 0 Å². The van der Waals surface area contributed by atoms with E-state index in [1.165, 1.54) is 44.9 Å². The fraction of sp³-hybridized carbons (Fsp3) is 0.650. The molecule has 3 aliphatic rings. The van der Waals surface area contributed by atoms with Crippen LogP contribution in [0.3, 0.4) is 0 Å². The Kier molecular flexibility index (Phi) is 3.32. The van der Waals surface area contributed by atoms with E-state index in [1.54, 1.807) is 29.2 Å². The number of fused-ring (bicyclic) bond motifs is 5. The molecule has 0 amide bonds. The fourth-order valence-corrected chi connectivity index (χ4v) is 5.38. The van der Waals surface area contributed by atoms with Crippen molar-refractivity contribution in [2.24, 2.45) is 5.41 Å². The van der Waals surface area contributed by atoms with Gasteiger partial charge in [-0.05, 0) is 79.5 Å². The van der Waals surface area contributed by atoms with Crippen molar-refractivity contribution in [3.8, 4) is 0 Å². The summed E-state index contributed by atoms with van der Waals surface area (Å²) in [6.07, 6.45) is 9.87. The van der Waals surface area contributed by atoms with Gasteiger partial charge in [-0.25, -0.2) is 0 Å². The van der Waals surface area contributed by atoms with Crippen LogP contribution in [0.5, 0.6) is 0 Å². The Morgan fingerprint density at radius 2 is 1.95 bits per heavy atom. The predicted octanol–water partition coefficient (Wildman–Crippen LogP) is 4.33. The zero-order valence-electron chi connectivity index (χ0n) is 13.8. The Balaban J connectivity index is 1.72. The van der Waals surface area contributed by atoms with E-state index in [0.717, 1.165) is 6.42 Å². The third-order valence-corrected chi connectivity index (χ3v) is 6.53. The molecule has 0 heterocycles. The normalized spacial score (nSPS) is 32.8. The van der Waals surface area contributed by atoms with Gasteiger partial charge < -0.3 is 4.74 Å². The Labute approximate surface area is 133 Å². The Bertz CT molecular complexity index is 618. The maximum absolute atomic E-state index is 11.4. The summed E-state index contributed by atoms with van der Waals surface area (Å²) in [5, 5.41) is 0. The average Bonchev–Trinajstić information content (AvgIpc) is 2.83. The molecule has 1 saturated carbocycles. The quantitative estimate of drug-likeness (QED) is 0.721. The summed E-state index contributed by atoms with van der Waals surface area (Å²) in [5.74, 6) is 0.455. The maximum atomic E-state index is 11.4. The highest BCUT2D eigenvalue weighted by Gasteiger charge is 2.51. The van der Waals surface area contributed by atoms with Gasteiger partial charge in [0.25, 0.3) is 0 Å².